The van der Waals surface area contributed by atoms with Crippen molar-refractivity contribution < 1.29 is 4.79 Å². The molecule has 1 saturated heterocycles. The fourth-order valence-corrected chi connectivity index (χ4v) is 3.08. The highest BCUT2D eigenvalue weighted by Gasteiger charge is 2.39. The van der Waals surface area contributed by atoms with Gasteiger partial charge in [-0.1, -0.05) is 0 Å². The zero-order valence-corrected chi connectivity index (χ0v) is 11.3. The number of Topliss-reactive ketones (excluding diaryl/α,β-unsaturated/α-hetero) is 1. The zero-order valence-electron chi connectivity index (χ0n) is 11.3. The first-order valence-electron chi connectivity index (χ1n) is 6.60. The van der Waals surface area contributed by atoms with E-state index in [-0.39, 0.29) is 0 Å². The Labute approximate surface area is 104 Å². The Bertz CT molecular complexity index is 325. The quantitative estimate of drug-likeness (QED) is 0.650. The van der Waals surface area contributed by atoms with E-state index in [1.54, 1.807) is 0 Å². The molecule has 0 N–H and O–H groups in total. The van der Waals surface area contributed by atoms with Crippen LogP contribution in [0.3, 0.4) is 0 Å². The molecular weight excluding hydrogens is 212 g/mol. The third-order valence-electron chi connectivity index (χ3n) is 4.27. The largest absolute Gasteiger partial charge is 0.383 e. The number of ketones is 1. The van der Waals surface area contributed by atoms with E-state index in [0.717, 1.165) is 24.8 Å². The van der Waals surface area contributed by atoms with E-state index in [2.05, 4.69) is 11.9 Å². The lowest BCUT2D eigenvalue weighted by molar-refractivity contribution is -0.118. The van der Waals surface area contributed by atoms with Crippen molar-refractivity contribution in [3.8, 4) is 0 Å². The fraction of sp³-hybridized carbons (Fsp3) is 0.786. The number of allylic oxidation sites excluding steroid dienone is 1. The molecule has 1 aliphatic heterocycles. The fourth-order valence-electron chi connectivity index (χ4n) is 3.08. The lowest BCUT2D eigenvalue weighted by Gasteiger charge is -2.43. The molecule has 1 heterocycles. The van der Waals surface area contributed by atoms with Crippen LogP contribution in [-0.4, -0.2) is 49.8 Å². The molecule has 17 heavy (non-hydrogen) atoms. The molecule has 0 aromatic carbocycles. The second kappa shape index (κ2) is 4.81. The average Bonchev–Trinajstić information content (AvgIpc) is 2.28. The number of carbonyl (C=O) groups excluding carboxylic acids is 1. The van der Waals surface area contributed by atoms with Gasteiger partial charge >= 0.3 is 0 Å². The van der Waals surface area contributed by atoms with E-state index in [9.17, 15) is 4.79 Å². The summed E-state index contributed by atoms with van der Waals surface area (Å²) in [5, 5.41) is 0. The highest BCUT2D eigenvalue weighted by atomic mass is 16.1. The maximum Gasteiger partial charge on any atom is 0.160 e. The van der Waals surface area contributed by atoms with Crippen molar-refractivity contribution in [1.29, 1.82) is 0 Å². The molecule has 0 radical (unpaired) electrons. The smallest absolute Gasteiger partial charge is 0.160 e. The van der Waals surface area contributed by atoms with Gasteiger partial charge in [-0.15, -0.1) is 0 Å². The average molecular weight is 236 g/mol. The number of likely N-dealkylation sites (tertiary alicyclic amines) is 1. The van der Waals surface area contributed by atoms with Gasteiger partial charge in [0, 0.05) is 32.3 Å². The van der Waals surface area contributed by atoms with Crippen LogP contribution >= 0.6 is 0 Å². The lowest BCUT2D eigenvalue weighted by Crippen LogP contribution is -2.41. The first kappa shape index (κ1) is 12.6. The summed E-state index contributed by atoms with van der Waals surface area (Å²) >= 11 is 0. The first-order valence-corrected chi connectivity index (χ1v) is 6.60. The topological polar surface area (TPSA) is 23.6 Å². The minimum atomic E-state index is 0.364. The summed E-state index contributed by atoms with van der Waals surface area (Å²) in [6, 6.07) is 0. The summed E-state index contributed by atoms with van der Waals surface area (Å²) in [6.07, 6.45) is 7.39. The van der Waals surface area contributed by atoms with Crippen LogP contribution in [0.25, 0.3) is 0 Å². The van der Waals surface area contributed by atoms with Gasteiger partial charge in [0.2, 0.25) is 0 Å². The molecule has 96 valence electrons. The van der Waals surface area contributed by atoms with Crippen molar-refractivity contribution >= 4 is 5.78 Å². The summed E-state index contributed by atoms with van der Waals surface area (Å²) in [6.45, 7) is 2.37. The van der Waals surface area contributed by atoms with Gasteiger partial charge < -0.3 is 9.80 Å². The third-order valence-corrected chi connectivity index (χ3v) is 4.27. The molecule has 0 unspecified atom stereocenters. The van der Waals surface area contributed by atoms with Crippen molar-refractivity contribution in [3.63, 3.8) is 0 Å². The molecule has 3 nitrogen and oxygen atoms in total. The minimum absolute atomic E-state index is 0.364. The Balaban J connectivity index is 2.09. The molecule has 0 aromatic heterocycles. The minimum Gasteiger partial charge on any atom is -0.383 e. The molecule has 1 saturated carbocycles. The molecular formula is C14H24N2O. The predicted molar refractivity (Wildman–Crippen MR) is 69.8 cm³/mol. The van der Waals surface area contributed by atoms with Crippen LogP contribution in [0.15, 0.2) is 11.8 Å². The number of carbonyl (C=O) groups is 1. The molecule has 0 bridgehead atoms. The maximum absolute atomic E-state index is 11.9. The molecule has 3 heteroatoms. The molecule has 0 aromatic rings. The van der Waals surface area contributed by atoms with Crippen LogP contribution in [0.4, 0.5) is 0 Å². The van der Waals surface area contributed by atoms with Crippen LogP contribution in [-0.2, 0) is 4.79 Å². The van der Waals surface area contributed by atoms with Crippen molar-refractivity contribution in [1.82, 2.24) is 9.80 Å². The number of hydrogen-bond acceptors (Lipinski definition) is 3. The van der Waals surface area contributed by atoms with E-state index < -0.39 is 0 Å². The van der Waals surface area contributed by atoms with Crippen LogP contribution < -0.4 is 0 Å². The molecule has 2 fully saturated rings. The molecule has 2 aliphatic rings. The van der Waals surface area contributed by atoms with E-state index in [4.69, 9.17) is 0 Å². The van der Waals surface area contributed by atoms with Crippen molar-refractivity contribution in [3.05, 3.63) is 11.8 Å². The standard InChI is InChI=1S/C14H24N2O/c1-15(2)11-12-10-14(5-4-13(12)17)6-8-16(3)9-7-14/h11H,4-10H2,1-3H3/b12-11+. The number of rotatable bonds is 1. The van der Waals surface area contributed by atoms with Gasteiger partial charge in [-0.25, -0.2) is 0 Å². The van der Waals surface area contributed by atoms with Gasteiger partial charge in [0.1, 0.15) is 0 Å². The Morgan fingerprint density at radius 2 is 1.88 bits per heavy atom. The Morgan fingerprint density at radius 1 is 1.24 bits per heavy atom. The summed E-state index contributed by atoms with van der Waals surface area (Å²) in [5.41, 5.74) is 1.47. The summed E-state index contributed by atoms with van der Waals surface area (Å²) in [4.78, 5) is 16.3. The summed E-state index contributed by atoms with van der Waals surface area (Å²) < 4.78 is 0. The lowest BCUT2D eigenvalue weighted by atomic mass is 9.66. The predicted octanol–water partition coefficient (Wildman–Crippen LogP) is 1.90. The van der Waals surface area contributed by atoms with E-state index in [1.807, 2.05) is 25.2 Å². The van der Waals surface area contributed by atoms with Gasteiger partial charge in [0.25, 0.3) is 0 Å². The number of piperidine rings is 1. The van der Waals surface area contributed by atoms with Crippen LogP contribution in [0.2, 0.25) is 0 Å². The van der Waals surface area contributed by atoms with Crippen molar-refractivity contribution in [2.45, 2.75) is 32.1 Å². The molecule has 2 rings (SSSR count). The normalized spacial score (nSPS) is 27.7. The Kier molecular flexibility index (Phi) is 3.57. The molecule has 1 spiro atoms. The second-order valence-corrected chi connectivity index (χ2v) is 6.02. The molecule has 0 atom stereocenters. The number of hydrogen-bond donors (Lipinski definition) is 0. The Morgan fingerprint density at radius 3 is 2.47 bits per heavy atom. The Hall–Kier alpha value is -0.830. The van der Waals surface area contributed by atoms with Crippen LogP contribution in [0.5, 0.6) is 0 Å². The van der Waals surface area contributed by atoms with E-state index in [1.165, 1.54) is 25.9 Å². The van der Waals surface area contributed by atoms with Gasteiger partial charge in [-0.3, -0.25) is 4.79 Å². The monoisotopic (exact) mass is 236 g/mol. The summed E-state index contributed by atoms with van der Waals surface area (Å²) in [7, 11) is 6.18. The van der Waals surface area contributed by atoms with Crippen molar-refractivity contribution in [2.24, 2.45) is 5.41 Å². The zero-order chi connectivity index (χ0) is 12.5. The third kappa shape index (κ3) is 2.89. The highest BCUT2D eigenvalue weighted by Crippen LogP contribution is 2.45. The highest BCUT2D eigenvalue weighted by molar-refractivity contribution is 5.96. The van der Waals surface area contributed by atoms with E-state index in [0.29, 0.717) is 11.2 Å². The SMILES string of the molecule is CN(C)/C=C1\CC2(CCC1=O)CCN(C)CC2. The van der Waals surface area contributed by atoms with Crippen molar-refractivity contribution in [2.75, 3.05) is 34.2 Å². The van der Waals surface area contributed by atoms with Crippen LogP contribution in [0.1, 0.15) is 32.1 Å². The number of nitrogens with zero attached hydrogens (tertiary/aromatic N) is 2. The van der Waals surface area contributed by atoms with Gasteiger partial charge in [-0.05, 0) is 51.2 Å². The molecule has 0 amide bonds. The first-order chi connectivity index (χ1) is 8.01. The van der Waals surface area contributed by atoms with Gasteiger partial charge in [0.05, 0.1) is 0 Å². The van der Waals surface area contributed by atoms with Gasteiger partial charge in [0.15, 0.2) is 5.78 Å². The summed E-state index contributed by atoms with van der Waals surface area (Å²) in [5.74, 6) is 0.364. The van der Waals surface area contributed by atoms with E-state index >= 15 is 0 Å². The molecule has 1 aliphatic carbocycles. The van der Waals surface area contributed by atoms with Crippen LogP contribution in [0, 0.1) is 5.41 Å². The second-order valence-electron chi connectivity index (χ2n) is 6.02. The maximum atomic E-state index is 11.9. The van der Waals surface area contributed by atoms with Gasteiger partial charge in [-0.2, -0.15) is 0 Å².